The molecule has 0 aromatic heterocycles. The van der Waals surface area contributed by atoms with E-state index in [1.165, 1.54) is 0 Å². The highest BCUT2D eigenvalue weighted by atomic mass is 16.2. The summed E-state index contributed by atoms with van der Waals surface area (Å²) in [6, 6.07) is 0. The van der Waals surface area contributed by atoms with E-state index in [4.69, 9.17) is 5.73 Å². The van der Waals surface area contributed by atoms with Gasteiger partial charge < -0.3 is 16.4 Å². The maximum Gasteiger partial charge on any atom is 0.221 e. The minimum absolute atomic E-state index is 0.00626. The first-order valence-electron chi connectivity index (χ1n) is 7.50. The third-order valence-electron chi connectivity index (χ3n) is 3.23. The van der Waals surface area contributed by atoms with E-state index in [-0.39, 0.29) is 17.2 Å². The van der Waals surface area contributed by atoms with Gasteiger partial charge >= 0.3 is 0 Å². The summed E-state index contributed by atoms with van der Waals surface area (Å²) in [5, 5.41) is 5.61. The van der Waals surface area contributed by atoms with Gasteiger partial charge in [0.25, 0.3) is 0 Å². The standard InChI is InChI=1S/C15H31N3O2/c1-12(2)11-18-14(20)6-10-17-13(19)5-7-15(3,4)8-9-16/h12H,5-11,16H2,1-4H3,(H,17,19)(H,18,20). The quantitative estimate of drug-likeness (QED) is 0.567. The highest BCUT2D eigenvalue weighted by molar-refractivity contribution is 5.78. The van der Waals surface area contributed by atoms with Crippen molar-refractivity contribution >= 4 is 11.8 Å². The molecule has 0 aliphatic heterocycles. The van der Waals surface area contributed by atoms with Crippen LogP contribution < -0.4 is 16.4 Å². The lowest BCUT2D eigenvalue weighted by Crippen LogP contribution is -2.32. The van der Waals surface area contributed by atoms with Crippen molar-refractivity contribution in [2.24, 2.45) is 17.1 Å². The van der Waals surface area contributed by atoms with E-state index in [0.29, 0.717) is 38.4 Å². The van der Waals surface area contributed by atoms with Crippen LogP contribution >= 0.6 is 0 Å². The van der Waals surface area contributed by atoms with Gasteiger partial charge in [-0.1, -0.05) is 27.7 Å². The van der Waals surface area contributed by atoms with Crippen LogP contribution in [0.15, 0.2) is 0 Å². The zero-order valence-corrected chi connectivity index (χ0v) is 13.4. The van der Waals surface area contributed by atoms with Crippen molar-refractivity contribution < 1.29 is 9.59 Å². The lowest BCUT2D eigenvalue weighted by molar-refractivity contribution is -0.122. The number of carbonyl (C=O) groups is 2. The summed E-state index contributed by atoms with van der Waals surface area (Å²) >= 11 is 0. The van der Waals surface area contributed by atoms with Crippen LogP contribution in [0.2, 0.25) is 0 Å². The first kappa shape index (κ1) is 18.9. The molecule has 5 nitrogen and oxygen atoms in total. The molecule has 0 spiro atoms. The molecule has 0 aliphatic rings. The van der Waals surface area contributed by atoms with Gasteiger partial charge in [-0.05, 0) is 30.7 Å². The Hall–Kier alpha value is -1.10. The first-order chi connectivity index (χ1) is 9.26. The van der Waals surface area contributed by atoms with Crippen LogP contribution in [-0.4, -0.2) is 31.4 Å². The molecule has 0 aromatic rings. The molecule has 0 rings (SSSR count). The fourth-order valence-corrected chi connectivity index (χ4v) is 1.78. The van der Waals surface area contributed by atoms with E-state index in [1.54, 1.807) is 0 Å². The second kappa shape index (κ2) is 9.75. The molecule has 0 unspecified atom stereocenters. The molecule has 4 N–H and O–H groups in total. The lowest BCUT2D eigenvalue weighted by Gasteiger charge is -2.23. The van der Waals surface area contributed by atoms with Crippen molar-refractivity contribution in [3.05, 3.63) is 0 Å². The summed E-state index contributed by atoms with van der Waals surface area (Å²) < 4.78 is 0. The molecule has 118 valence electrons. The smallest absolute Gasteiger partial charge is 0.221 e. The molecule has 2 amide bonds. The minimum Gasteiger partial charge on any atom is -0.356 e. The van der Waals surface area contributed by atoms with Gasteiger partial charge in [-0.2, -0.15) is 0 Å². The molecule has 0 fully saturated rings. The Bertz CT molecular complexity index is 301. The SMILES string of the molecule is CC(C)CNC(=O)CCNC(=O)CCC(C)(C)CCN. The number of nitrogens with one attached hydrogen (secondary N) is 2. The fourth-order valence-electron chi connectivity index (χ4n) is 1.78. The van der Waals surface area contributed by atoms with Crippen molar-refractivity contribution in [2.45, 2.75) is 53.4 Å². The van der Waals surface area contributed by atoms with Crippen molar-refractivity contribution in [1.29, 1.82) is 0 Å². The van der Waals surface area contributed by atoms with Crippen LogP contribution in [0.5, 0.6) is 0 Å². The van der Waals surface area contributed by atoms with E-state index < -0.39 is 0 Å². The van der Waals surface area contributed by atoms with E-state index in [1.807, 2.05) is 13.8 Å². The van der Waals surface area contributed by atoms with E-state index in [9.17, 15) is 9.59 Å². The molecule has 0 radical (unpaired) electrons. The number of hydrogen-bond donors (Lipinski definition) is 3. The van der Waals surface area contributed by atoms with Crippen LogP contribution in [0, 0.1) is 11.3 Å². The third-order valence-corrected chi connectivity index (χ3v) is 3.23. The lowest BCUT2D eigenvalue weighted by atomic mass is 9.84. The fraction of sp³-hybridized carbons (Fsp3) is 0.867. The zero-order valence-electron chi connectivity index (χ0n) is 13.4. The van der Waals surface area contributed by atoms with Gasteiger partial charge in [-0.15, -0.1) is 0 Å². The Balaban J connectivity index is 3.71. The molecule has 0 atom stereocenters. The number of hydrogen-bond acceptors (Lipinski definition) is 3. The topological polar surface area (TPSA) is 84.2 Å². The third kappa shape index (κ3) is 10.8. The molecule has 0 heterocycles. The second-order valence-corrected chi connectivity index (χ2v) is 6.50. The number of rotatable bonds is 10. The summed E-state index contributed by atoms with van der Waals surface area (Å²) in [7, 11) is 0. The highest BCUT2D eigenvalue weighted by Crippen LogP contribution is 2.25. The van der Waals surface area contributed by atoms with Gasteiger partial charge in [0.15, 0.2) is 0 Å². The van der Waals surface area contributed by atoms with Crippen molar-refractivity contribution in [1.82, 2.24) is 10.6 Å². The Labute approximate surface area is 123 Å². The van der Waals surface area contributed by atoms with Gasteiger partial charge in [0.1, 0.15) is 0 Å². The van der Waals surface area contributed by atoms with E-state index in [2.05, 4.69) is 24.5 Å². The zero-order chi connectivity index (χ0) is 15.6. The summed E-state index contributed by atoms with van der Waals surface area (Å²) in [4.78, 5) is 23.1. The Kier molecular flexibility index (Phi) is 9.21. The predicted molar refractivity (Wildman–Crippen MR) is 82.2 cm³/mol. The summed E-state index contributed by atoms with van der Waals surface area (Å²) in [5.41, 5.74) is 5.64. The first-order valence-corrected chi connectivity index (χ1v) is 7.50. The Morgan fingerprint density at radius 1 is 1.05 bits per heavy atom. The Morgan fingerprint density at radius 2 is 1.65 bits per heavy atom. The molecular formula is C15H31N3O2. The van der Waals surface area contributed by atoms with Crippen LogP contribution in [0.25, 0.3) is 0 Å². The van der Waals surface area contributed by atoms with Crippen LogP contribution in [0.3, 0.4) is 0 Å². The molecule has 0 saturated heterocycles. The highest BCUT2D eigenvalue weighted by Gasteiger charge is 2.18. The van der Waals surface area contributed by atoms with Crippen molar-refractivity contribution in [2.75, 3.05) is 19.6 Å². The van der Waals surface area contributed by atoms with Gasteiger partial charge in [-0.25, -0.2) is 0 Å². The van der Waals surface area contributed by atoms with Crippen LogP contribution in [0.1, 0.15) is 53.4 Å². The summed E-state index contributed by atoms with van der Waals surface area (Å²) in [6.07, 6.45) is 2.55. The summed E-state index contributed by atoms with van der Waals surface area (Å²) in [6.45, 7) is 10.1. The average molecular weight is 285 g/mol. The van der Waals surface area contributed by atoms with Crippen molar-refractivity contribution in [3.8, 4) is 0 Å². The van der Waals surface area contributed by atoms with Crippen LogP contribution in [-0.2, 0) is 9.59 Å². The van der Waals surface area contributed by atoms with Crippen LogP contribution in [0.4, 0.5) is 0 Å². The molecule has 5 heteroatoms. The number of carbonyl (C=O) groups excluding carboxylic acids is 2. The average Bonchev–Trinajstić information content (AvgIpc) is 2.34. The van der Waals surface area contributed by atoms with Gasteiger partial charge in [0, 0.05) is 25.9 Å². The molecule has 0 saturated carbocycles. The molecule has 0 bridgehead atoms. The van der Waals surface area contributed by atoms with Crippen molar-refractivity contribution in [3.63, 3.8) is 0 Å². The molecule has 20 heavy (non-hydrogen) atoms. The van der Waals surface area contributed by atoms with Gasteiger partial charge in [-0.3, -0.25) is 9.59 Å². The predicted octanol–water partition coefficient (Wildman–Crippen LogP) is 1.42. The minimum atomic E-state index is -0.0116. The van der Waals surface area contributed by atoms with Gasteiger partial charge in [0.2, 0.25) is 11.8 Å². The number of nitrogens with two attached hydrogens (primary N) is 1. The second-order valence-electron chi connectivity index (χ2n) is 6.50. The van der Waals surface area contributed by atoms with Gasteiger partial charge in [0.05, 0.1) is 0 Å². The molecule has 0 aromatic carbocycles. The normalized spacial score (nSPS) is 11.5. The maximum atomic E-state index is 11.7. The molecular weight excluding hydrogens is 254 g/mol. The monoisotopic (exact) mass is 285 g/mol. The molecule has 0 aliphatic carbocycles. The maximum absolute atomic E-state index is 11.7. The van der Waals surface area contributed by atoms with E-state index >= 15 is 0 Å². The van der Waals surface area contributed by atoms with E-state index in [0.717, 1.165) is 12.8 Å². The number of amides is 2. The summed E-state index contributed by atoms with van der Waals surface area (Å²) in [5.74, 6) is 0.438. The largest absolute Gasteiger partial charge is 0.356 e. The Morgan fingerprint density at radius 3 is 2.20 bits per heavy atom.